The number of nitrogens with zero attached hydrogens (tertiary/aromatic N) is 1. The van der Waals surface area contributed by atoms with E-state index >= 15 is 0 Å². The molecule has 5 atom stereocenters. The first kappa shape index (κ1) is 29.5. The molecule has 3 rings (SSSR count). The summed E-state index contributed by atoms with van der Waals surface area (Å²) in [5, 5.41) is 16.2. The summed E-state index contributed by atoms with van der Waals surface area (Å²) in [7, 11) is 0. The van der Waals surface area contributed by atoms with Gasteiger partial charge in [-0.25, -0.2) is 4.79 Å². The van der Waals surface area contributed by atoms with Crippen molar-refractivity contribution in [3.63, 3.8) is 0 Å². The number of aromatic nitrogens is 1. The molecule has 2 amide bonds. The van der Waals surface area contributed by atoms with Gasteiger partial charge in [0.2, 0.25) is 0 Å². The van der Waals surface area contributed by atoms with Crippen LogP contribution in [0.2, 0.25) is 0 Å². The molecule has 0 saturated carbocycles. The van der Waals surface area contributed by atoms with E-state index in [0.29, 0.717) is 17.7 Å². The molecule has 0 aliphatic carbocycles. The first-order chi connectivity index (χ1) is 18.8. The number of rotatable bonds is 13. The molecule has 206 valence electrons. The van der Waals surface area contributed by atoms with E-state index in [1.807, 2.05) is 44.2 Å². The minimum absolute atomic E-state index is 0.0465. The first-order valence-corrected chi connectivity index (χ1v) is 13.0. The molecule has 9 heteroatoms. The monoisotopic (exact) mass is 532 g/mol. The Hall–Kier alpha value is -4.08. The highest BCUT2D eigenvalue weighted by Gasteiger charge is 2.40. The number of amides is 2. The van der Waals surface area contributed by atoms with Crippen LogP contribution in [0.1, 0.15) is 43.0 Å². The molecule has 2 aromatic carbocycles. The Kier molecular flexibility index (Phi) is 11.1. The van der Waals surface area contributed by atoms with Crippen LogP contribution in [-0.4, -0.2) is 46.1 Å². The van der Waals surface area contributed by atoms with Gasteiger partial charge >= 0.3 is 6.09 Å². The number of aliphatic hydroxyl groups excluding tert-OH is 1. The van der Waals surface area contributed by atoms with Crippen molar-refractivity contribution < 1.29 is 24.2 Å². The predicted octanol–water partition coefficient (Wildman–Crippen LogP) is 3.08. The fraction of sp³-hybridized carbons (Fsp3) is 0.333. The highest BCUT2D eigenvalue weighted by molar-refractivity contribution is 5.94. The summed E-state index contributed by atoms with van der Waals surface area (Å²) in [6.45, 7) is 3.88. The number of nitrogens with one attached hydrogen (secondary N) is 2. The van der Waals surface area contributed by atoms with Crippen molar-refractivity contribution in [3.05, 3.63) is 102 Å². The van der Waals surface area contributed by atoms with Crippen molar-refractivity contribution in [3.8, 4) is 0 Å². The maximum absolute atomic E-state index is 14.0. The van der Waals surface area contributed by atoms with Gasteiger partial charge in [0, 0.05) is 6.20 Å². The van der Waals surface area contributed by atoms with Crippen molar-refractivity contribution in [2.24, 2.45) is 11.7 Å². The number of ketones is 1. The van der Waals surface area contributed by atoms with Gasteiger partial charge in [0.15, 0.2) is 5.78 Å². The molecule has 0 bridgehead atoms. The van der Waals surface area contributed by atoms with Crippen molar-refractivity contribution in [2.45, 2.75) is 57.5 Å². The lowest BCUT2D eigenvalue weighted by Gasteiger charge is -2.32. The van der Waals surface area contributed by atoms with Crippen LogP contribution < -0.4 is 16.4 Å². The summed E-state index contributed by atoms with van der Waals surface area (Å²) in [6, 6.07) is 20.9. The number of alkyl carbamates (subject to hydrolysis) is 1. The third-order valence-electron chi connectivity index (χ3n) is 6.66. The standard InChI is InChI=1S/C30H36N4O5/c1-3-20(2)26(34-30(38)39-19-21-12-6-4-7-13-21)27(35)24(22-14-8-5-9-15-22)25(31)28(36)29(37)33-18-23-16-10-11-17-32-23/h4-17,20,24-26,28,36H,3,18-19,31H2,1-2H3,(H,33,37)(H,34,38)/t20-,24?,25-,26-,28+/m0/s1. The third-order valence-corrected chi connectivity index (χ3v) is 6.66. The Morgan fingerprint density at radius 3 is 2.23 bits per heavy atom. The number of hydrogen-bond donors (Lipinski definition) is 4. The molecule has 0 aliphatic rings. The van der Waals surface area contributed by atoms with Crippen LogP contribution in [0.25, 0.3) is 0 Å². The average molecular weight is 533 g/mol. The molecule has 39 heavy (non-hydrogen) atoms. The van der Waals surface area contributed by atoms with Gasteiger partial charge in [-0.1, -0.05) is 87.0 Å². The summed E-state index contributed by atoms with van der Waals surface area (Å²) in [5.74, 6) is -2.49. The van der Waals surface area contributed by atoms with Gasteiger partial charge in [0.05, 0.1) is 30.2 Å². The maximum Gasteiger partial charge on any atom is 0.408 e. The normalized spacial score (nSPS) is 14.8. The Morgan fingerprint density at radius 1 is 0.974 bits per heavy atom. The van der Waals surface area contributed by atoms with Gasteiger partial charge in [0.1, 0.15) is 12.7 Å². The van der Waals surface area contributed by atoms with Crippen LogP contribution in [0.3, 0.4) is 0 Å². The quantitative estimate of drug-likeness (QED) is 0.265. The molecule has 5 N–H and O–H groups in total. The highest BCUT2D eigenvalue weighted by atomic mass is 16.5. The Labute approximate surface area is 228 Å². The molecule has 1 unspecified atom stereocenters. The molecular weight excluding hydrogens is 496 g/mol. The van der Waals surface area contributed by atoms with Crippen LogP contribution in [0.4, 0.5) is 4.79 Å². The van der Waals surface area contributed by atoms with E-state index in [4.69, 9.17) is 10.5 Å². The fourth-order valence-electron chi connectivity index (χ4n) is 4.19. The van der Waals surface area contributed by atoms with Crippen LogP contribution in [0, 0.1) is 5.92 Å². The van der Waals surface area contributed by atoms with Gasteiger partial charge < -0.3 is 26.2 Å². The van der Waals surface area contributed by atoms with Gasteiger partial charge in [-0.05, 0) is 29.2 Å². The van der Waals surface area contributed by atoms with E-state index in [0.717, 1.165) is 5.56 Å². The number of carbonyl (C=O) groups is 3. The average Bonchev–Trinajstić information content (AvgIpc) is 2.98. The molecule has 1 heterocycles. The van der Waals surface area contributed by atoms with E-state index in [1.165, 1.54) is 0 Å². The second kappa shape index (κ2) is 14.8. The van der Waals surface area contributed by atoms with Gasteiger partial charge in [-0.15, -0.1) is 0 Å². The summed E-state index contributed by atoms with van der Waals surface area (Å²) in [4.78, 5) is 43.7. The number of ether oxygens (including phenoxy) is 1. The predicted molar refractivity (Wildman–Crippen MR) is 147 cm³/mol. The molecule has 3 aromatic rings. The number of benzene rings is 2. The summed E-state index contributed by atoms with van der Waals surface area (Å²) >= 11 is 0. The molecule has 9 nitrogen and oxygen atoms in total. The second-order valence-corrected chi connectivity index (χ2v) is 9.42. The van der Waals surface area contributed by atoms with Crippen molar-refractivity contribution >= 4 is 17.8 Å². The number of carbonyl (C=O) groups excluding carboxylic acids is 3. The maximum atomic E-state index is 14.0. The third kappa shape index (κ3) is 8.46. The van der Waals surface area contributed by atoms with Gasteiger partial charge in [-0.2, -0.15) is 0 Å². The topological polar surface area (TPSA) is 144 Å². The van der Waals surface area contributed by atoms with Crippen molar-refractivity contribution in [1.29, 1.82) is 0 Å². The zero-order chi connectivity index (χ0) is 28.2. The molecule has 0 aliphatic heterocycles. The van der Waals surface area contributed by atoms with Gasteiger partial charge in [0.25, 0.3) is 5.91 Å². The van der Waals surface area contributed by atoms with E-state index < -0.39 is 41.9 Å². The number of aliphatic hydroxyl groups is 1. The lowest BCUT2D eigenvalue weighted by atomic mass is 9.79. The summed E-state index contributed by atoms with van der Waals surface area (Å²) in [6.07, 6.45) is -0.253. The zero-order valence-electron chi connectivity index (χ0n) is 22.2. The fourth-order valence-corrected chi connectivity index (χ4v) is 4.19. The lowest BCUT2D eigenvalue weighted by molar-refractivity contribution is -0.132. The van der Waals surface area contributed by atoms with Crippen molar-refractivity contribution in [1.82, 2.24) is 15.6 Å². The summed E-state index contributed by atoms with van der Waals surface area (Å²) < 4.78 is 5.36. The van der Waals surface area contributed by atoms with E-state index in [1.54, 1.807) is 54.7 Å². The lowest BCUT2D eigenvalue weighted by Crippen LogP contribution is -2.55. The molecule has 0 saturated heterocycles. The number of Topliss-reactive ketones (excluding diaryl/α,β-unsaturated/α-hetero) is 1. The Bertz CT molecular complexity index is 1190. The molecule has 0 spiro atoms. The number of pyridine rings is 1. The van der Waals surface area contributed by atoms with Gasteiger partial charge in [-0.3, -0.25) is 14.6 Å². The Morgan fingerprint density at radius 2 is 1.62 bits per heavy atom. The minimum Gasteiger partial charge on any atom is -0.445 e. The summed E-state index contributed by atoms with van der Waals surface area (Å²) in [5.41, 5.74) is 8.36. The number of nitrogens with two attached hydrogens (primary N) is 1. The zero-order valence-corrected chi connectivity index (χ0v) is 22.2. The second-order valence-electron chi connectivity index (χ2n) is 9.42. The first-order valence-electron chi connectivity index (χ1n) is 13.0. The van der Waals surface area contributed by atoms with E-state index in [2.05, 4.69) is 15.6 Å². The van der Waals surface area contributed by atoms with Crippen LogP contribution >= 0.6 is 0 Å². The highest BCUT2D eigenvalue weighted by Crippen LogP contribution is 2.26. The van der Waals surface area contributed by atoms with E-state index in [-0.39, 0.29) is 19.1 Å². The Balaban J connectivity index is 1.78. The SMILES string of the molecule is CC[C@H](C)[C@H](NC(=O)OCc1ccccc1)C(=O)C(c1ccccc1)[C@H](N)[C@@H](O)C(=O)NCc1ccccn1. The minimum atomic E-state index is -1.69. The molecule has 0 radical (unpaired) electrons. The molecule has 0 fully saturated rings. The smallest absolute Gasteiger partial charge is 0.408 e. The largest absolute Gasteiger partial charge is 0.445 e. The van der Waals surface area contributed by atoms with Crippen LogP contribution in [-0.2, 0) is 27.5 Å². The molecular formula is C30H36N4O5. The van der Waals surface area contributed by atoms with Crippen LogP contribution in [0.15, 0.2) is 85.1 Å². The van der Waals surface area contributed by atoms with Crippen LogP contribution in [0.5, 0.6) is 0 Å². The number of hydrogen-bond acceptors (Lipinski definition) is 7. The van der Waals surface area contributed by atoms with Crippen molar-refractivity contribution in [2.75, 3.05) is 0 Å². The van der Waals surface area contributed by atoms with E-state index in [9.17, 15) is 19.5 Å². The molecule has 1 aromatic heterocycles.